The predicted molar refractivity (Wildman–Crippen MR) is 65.8 cm³/mol. The number of aromatic nitrogens is 2. The molecule has 0 aliphatic rings. The minimum absolute atomic E-state index is 0.203. The van der Waals surface area contributed by atoms with Gasteiger partial charge in [-0.3, -0.25) is 5.10 Å². The van der Waals surface area contributed by atoms with Gasteiger partial charge in [0.1, 0.15) is 11.5 Å². The van der Waals surface area contributed by atoms with Gasteiger partial charge in [0.15, 0.2) is 0 Å². The van der Waals surface area contributed by atoms with Crippen LogP contribution in [0.5, 0.6) is 0 Å². The molecule has 0 aliphatic heterocycles. The number of H-pyrrole nitrogens is 1. The van der Waals surface area contributed by atoms with Crippen LogP contribution < -0.4 is 0 Å². The zero-order chi connectivity index (χ0) is 11.7. The summed E-state index contributed by atoms with van der Waals surface area (Å²) in [5, 5.41) is 7.13. The maximum Gasteiger partial charge on any atom is 0.126 e. The molecule has 0 fully saturated rings. The Bertz CT molecular complexity index is 520. The van der Waals surface area contributed by atoms with Gasteiger partial charge in [-0.25, -0.2) is 4.39 Å². The molecule has 0 saturated heterocycles. The minimum atomic E-state index is -0.203. The van der Waals surface area contributed by atoms with Gasteiger partial charge in [0.05, 0.1) is 4.47 Å². The van der Waals surface area contributed by atoms with E-state index in [1.165, 1.54) is 6.07 Å². The van der Waals surface area contributed by atoms with Crippen LogP contribution >= 0.6 is 15.9 Å². The molecule has 0 radical (unpaired) electrons. The van der Waals surface area contributed by atoms with Gasteiger partial charge in [-0.15, -0.1) is 0 Å². The van der Waals surface area contributed by atoms with Crippen molar-refractivity contribution in [3.8, 4) is 11.3 Å². The van der Waals surface area contributed by atoms with Gasteiger partial charge in [-0.1, -0.05) is 19.1 Å². The first-order valence-corrected chi connectivity index (χ1v) is 5.92. The molecular formula is C12H12BrFN2. The summed E-state index contributed by atoms with van der Waals surface area (Å²) in [7, 11) is 0. The van der Waals surface area contributed by atoms with E-state index in [1.807, 2.05) is 13.0 Å². The number of nitrogens with one attached hydrogen (secondary N) is 1. The van der Waals surface area contributed by atoms with E-state index in [1.54, 1.807) is 13.0 Å². The minimum Gasteiger partial charge on any atom is -0.281 e. The lowest BCUT2D eigenvalue weighted by Gasteiger charge is -2.01. The van der Waals surface area contributed by atoms with E-state index in [-0.39, 0.29) is 5.82 Å². The number of hydrogen-bond acceptors (Lipinski definition) is 1. The standard InChI is InChI=1S/C12H12BrFN2/c1-3-10-11(13)12(16-15-10)8-5-4-7(2)9(14)6-8/h4-6H,3H2,1-2H3,(H,15,16). The molecule has 1 N–H and O–H groups in total. The largest absolute Gasteiger partial charge is 0.281 e. The number of halogens is 2. The summed E-state index contributed by atoms with van der Waals surface area (Å²) in [6, 6.07) is 5.14. The number of benzene rings is 1. The van der Waals surface area contributed by atoms with Crippen LogP contribution in [0.3, 0.4) is 0 Å². The molecule has 0 bridgehead atoms. The molecule has 0 saturated carbocycles. The number of rotatable bonds is 2. The van der Waals surface area contributed by atoms with Crippen LogP contribution in [0.2, 0.25) is 0 Å². The van der Waals surface area contributed by atoms with E-state index in [0.717, 1.165) is 27.8 Å². The Morgan fingerprint density at radius 1 is 1.44 bits per heavy atom. The molecule has 0 unspecified atom stereocenters. The second-order valence-electron chi connectivity index (χ2n) is 3.68. The SMILES string of the molecule is CCc1[nH]nc(-c2ccc(C)c(F)c2)c1Br. The average molecular weight is 283 g/mol. The number of aromatic amines is 1. The van der Waals surface area contributed by atoms with Crippen molar-refractivity contribution in [3.05, 3.63) is 39.7 Å². The summed E-state index contributed by atoms with van der Waals surface area (Å²) in [4.78, 5) is 0. The summed E-state index contributed by atoms with van der Waals surface area (Å²) >= 11 is 3.48. The van der Waals surface area contributed by atoms with Crippen molar-refractivity contribution < 1.29 is 4.39 Å². The molecule has 0 aliphatic carbocycles. The summed E-state index contributed by atoms with van der Waals surface area (Å²) < 4.78 is 14.3. The first-order chi connectivity index (χ1) is 7.63. The van der Waals surface area contributed by atoms with Crippen LogP contribution in [0.1, 0.15) is 18.2 Å². The highest BCUT2D eigenvalue weighted by Crippen LogP contribution is 2.29. The lowest BCUT2D eigenvalue weighted by Crippen LogP contribution is -1.85. The molecule has 0 spiro atoms. The normalized spacial score (nSPS) is 10.8. The smallest absolute Gasteiger partial charge is 0.126 e. The van der Waals surface area contributed by atoms with Gasteiger partial charge in [0, 0.05) is 11.3 Å². The van der Waals surface area contributed by atoms with Crippen molar-refractivity contribution in [2.24, 2.45) is 0 Å². The van der Waals surface area contributed by atoms with Gasteiger partial charge in [0.2, 0.25) is 0 Å². The predicted octanol–water partition coefficient (Wildman–Crippen LogP) is 3.85. The van der Waals surface area contributed by atoms with Crippen LogP contribution in [0.15, 0.2) is 22.7 Å². The summed E-state index contributed by atoms with van der Waals surface area (Å²) in [5.74, 6) is -0.203. The first-order valence-electron chi connectivity index (χ1n) is 5.12. The highest BCUT2D eigenvalue weighted by atomic mass is 79.9. The first kappa shape index (κ1) is 11.3. The Kier molecular flexibility index (Phi) is 3.10. The van der Waals surface area contributed by atoms with Crippen LogP contribution in [0.4, 0.5) is 4.39 Å². The van der Waals surface area contributed by atoms with Gasteiger partial charge < -0.3 is 0 Å². The van der Waals surface area contributed by atoms with E-state index in [0.29, 0.717) is 5.56 Å². The number of hydrogen-bond donors (Lipinski definition) is 1. The highest BCUT2D eigenvalue weighted by molar-refractivity contribution is 9.10. The number of aryl methyl sites for hydroxylation is 2. The monoisotopic (exact) mass is 282 g/mol. The second-order valence-corrected chi connectivity index (χ2v) is 4.48. The third-order valence-corrected chi connectivity index (χ3v) is 3.43. The van der Waals surface area contributed by atoms with Gasteiger partial charge >= 0.3 is 0 Å². The van der Waals surface area contributed by atoms with Crippen molar-refractivity contribution in [3.63, 3.8) is 0 Å². The molecule has 2 rings (SSSR count). The van der Waals surface area contributed by atoms with Crippen LogP contribution in [-0.2, 0) is 6.42 Å². The van der Waals surface area contributed by atoms with Crippen LogP contribution in [-0.4, -0.2) is 10.2 Å². The average Bonchev–Trinajstić information content (AvgIpc) is 2.64. The zero-order valence-corrected chi connectivity index (χ0v) is 10.7. The molecule has 84 valence electrons. The lowest BCUT2D eigenvalue weighted by atomic mass is 10.1. The van der Waals surface area contributed by atoms with Crippen LogP contribution in [0.25, 0.3) is 11.3 Å². The van der Waals surface area contributed by atoms with Crippen molar-refractivity contribution in [2.45, 2.75) is 20.3 Å². The fraction of sp³-hybridized carbons (Fsp3) is 0.250. The third-order valence-electron chi connectivity index (χ3n) is 2.57. The summed E-state index contributed by atoms with van der Waals surface area (Å²) in [6.45, 7) is 3.79. The number of nitrogens with zero attached hydrogens (tertiary/aromatic N) is 1. The van der Waals surface area contributed by atoms with Gasteiger partial charge in [0.25, 0.3) is 0 Å². The van der Waals surface area contributed by atoms with E-state index in [2.05, 4.69) is 26.1 Å². The van der Waals surface area contributed by atoms with Crippen molar-refractivity contribution in [1.29, 1.82) is 0 Å². The third kappa shape index (κ3) is 1.89. The Morgan fingerprint density at radius 3 is 2.75 bits per heavy atom. The second kappa shape index (κ2) is 4.37. The Morgan fingerprint density at radius 2 is 2.19 bits per heavy atom. The Labute approximate surface area is 102 Å². The lowest BCUT2D eigenvalue weighted by molar-refractivity contribution is 0.619. The van der Waals surface area contributed by atoms with Gasteiger partial charge in [-0.2, -0.15) is 5.10 Å². The fourth-order valence-electron chi connectivity index (χ4n) is 1.53. The van der Waals surface area contributed by atoms with Crippen molar-refractivity contribution in [2.75, 3.05) is 0 Å². The molecule has 4 heteroatoms. The van der Waals surface area contributed by atoms with Crippen molar-refractivity contribution in [1.82, 2.24) is 10.2 Å². The topological polar surface area (TPSA) is 28.7 Å². The van der Waals surface area contributed by atoms with Crippen molar-refractivity contribution >= 4 is 15.9 Å². The van der Waals surface area contributed by atoms with Crippen LogP contribution in [0, 0.1) is 12.7 Å². The Hall–Kier alpha value is -1.16. The molecular weight excluding hydrogens is 271 g/mol. The quantitative estimate of drug-likeness (QED) is 0.891. The molecule has 2 nitrogen and oxygen atoms in total. The Balaban J connectivity index is 2.50. The molecule has 1 aromatic carbocycles. The zero-order valence-electron chi connectivity index (χ0n) is 9.14. The maximum absolute atomic E-state index is 13.4. The molecule has 1 heterocycles. The summed E-state index contributed by atoms with van der Waals surface area (Å²) in [6.07, 6.45) is 0.863. The molecule has 0 amide bonds. The molecule has 1 aromatic heterocycles. The van der Waals surface area contributed by atoms with E-state index < -0.39 is 0 Å². The van der Waals surface area contributed by atoms with Gasteiger partial charge in [-0.05, 0) is 40.9 Å². The van der Waals surface area contributed by atoms with E-state index >= 15 is 0 Å². The summed E-state index contributed by atoms with van der Waals surface area (Å²) in [5.41, 5.74) is 3.21. The maximum atomic E-state index is 13.4. The molecule has 16 heavy (non-hydrogen) atoms. The van der Waals surface area contributed by atoms with E-state index in [4.69, 9.17) is 0 Å². The van der Waals surface area contributed by atoms with E-state index in [9.17, 15) is 4.39 Å². The fourth-order valence-corrected chi connectivity index (χ4v) is 2.22. The molecule has 0 atom stereocenters. The highest BCUT2D eigenvalue weighted by Gasteiger charge is 2.12. The molecule has 2 aromatic rings.